The maximum Gasteiger partial charge on any atom is 0.238 e. The first-order valence-corrected chi connectivity index (χ1v) is 49.4. The Bertz CT molecular complexity index is 7070. The van der Waals surface area contributed by atoms with Gasteiger partial charge >= 0.3 is 0 Å². The number of carbonyl (C=O) groups is 3. The molecule has 662 valence electrons. The molecule has 15 aromatic rings. The van der Waals surface area contributed by atoms with Crippen molar-refractivity contribution in [3.05, 3.63) is 248 Å². The zero-order valence-corrected chi connectivity index (χ0v) is 77.7. The number of nitrogens with two attached hydrogens (primary N) is 2. The molecule has 1 aliphatic heterocycles. The number of hydrogen-bond donors (Lipinski definition) is 7. The number of rotatable bonds is 18. The molecule has 0 radical (unpaired) electrons. The smallest absolute Gasteiger partial charge is 0.238 e. The molecule has 0 spiro atoms. The molecule has 0 unspecified atom stereocenters. The number of benzene rings is 5. The van der Waals surface area contributed by atoms with E-state index in [1.54, 1.807) is 114 Å². The first-order chi connectivity index (χ1) is 62.6. The fourth-order valence-electron chi connectivity index (χ4n) is 16.1. The number of nitrogens with one attached hydrogen (secondary N) is 5. The van der Waals surface area contributed by atoms with Crippen LogP contribution in [0.3, 0.4) is 0 Å². The maximum atomic E-state index is 11.6. The van der Waals surface area contributed by atoms with Gasteiger partial charge in [0.25, 0.3) is 0 Å². The quantitative estimate of drug-likeness (QED) is 0.0419. The Labute approximate surface area is 771 Å². The van der Waals surface area contributed by atoms with Crippen LogP contribution in [0.15, 0.2) is 167 Å². The van der Waals surface area contributed by atoms with Gasteiger partial charge in [-0.1, -0.05) is 36.4 Å². The van der Waals surface area contributed by atoms with Crippen LogP contribution in [0, 0.1) is 27.7 Å². The minimum atomic E-state index is -3.76. The second kappa shape index (κ2) is 38.9. The molecule has 0 atom stereocenters. The van der Waals surface area contributed by atoms with Gasteiger partial charge in [-0.15, -0.1) is 56.7 Å². The number of ketones is 2. The molecule has 21 rings (SSSR count). The third kappa shape index (κ3) is 21.7. The molecule has 9 N–H and O–H groups in total. The van der Waals surface area contributed by atoms with Crippen LogP contribution in [-0.2, 0) is 118 Å². The first-order valence-electron chi connectivity index (χ1n) is 42.0. The van der Waals surface area contributed by atoms with Crippen molar-refractivity contribution in [3.63, 3.8) is 0 Å². The molecular weight excluding hydrogens is 1780 g/mol. The number of anilines is 10. The van der Waals surface area contributed by atoms with E-state index in [1.165, 1.54) is 60.5 Å². The SMILES string of the molecule is CC(=O)Cc1cc(C)cc(Nc2ncc3c(n2)-c2sc(CN4CCN(C(C)=O)CC4)nc2CC3)c1.CC(=O)Cc1cccc(Nc2ncc3c(n2)-c2ncsc2CC3)c1.Cc1cc(C)cc(Nc2ncc3c(n2)-c2ncsc2CC3)c1.Cc1nc2c(s1)CCc1cnc(Nc3cccc(S(N)(=O)=O)c3)nc1-2.NS(=O)(=O)c1cccc(Nc2ncc3c(n2)-c2ncsc2CC3)c1. The van der Waals surface area contributed by atoms with E-state index in [1.807, 2.05) is 96.3 Å². The highest BCUT2D eigenvalue weighted by molar-refractivity contribution is 7.89. The average molecular weight is 1870 g/mol. The van der Waals surface area contributed by atoms with Crippen LogP contribution in [0.25, 0.3) is 56.1 Å². The summed E-state index contributed by atoms with van der Waals surface area (Å²) >= 11 is 8.44. The molecule has 5 aromatic carbocycles. The van der Waals surface area contributed by atoms with Crippen LogP contribution in [-0.4, -0.2) is 145 Å². The predicted octanol–water partition coefficient (Wildman–Crippen LogP) is 15.7. The second-order valence-electron chi connectivity index (χ2n) is 32.2. The molecule has 6 aliphatic rings. The second-order valence-corrected chi connectivity index (χ2v) is 40.5. The number of sulfonamides is 2. The van der Waals surface area contributed by atoms with Gasteiger partial charge in [-0.2, -0.15) is 0 Å². The summed E-state index contributed by atoms with van der Waals surface area (Å²) in [7, 11) is -7.51. The fourth-order valence-corrected chi connectivity index (χ4v) is 21.6. The Morgan fingerprint density at radius 2 is 0.762 bits per heavy atom. The van der Waals surface area contributed by atoms with Crippen LogP contribution in [0.5, 0.6) is 0 Å². The van der Waals surface area contributed by atoms with Gasteiger partial charge in [0.2, 0.25) is 55.7 Å². The van der Waals surface area contributed by atoms with Gasteiger partial charge < -0.3 is 31.5 Å². The van der Waals surface area contributed by atoms with Gasteiger partial charge in [-0.25, -0.2) is 102 Å². The molecular formula is C92H90N24O7S7. The molecule has 130 heavy (non-hydrogen) atoms. The lowest BCUT2D eigenvalue weighted by Gasteiger charge is -2.33. The van der Waals surface area contributed by atoms with Gasteiger partial charge in [-0.05, 0) is 234 Å². The van der Waals surface area contributed by atoms with E-state index in [0.29, 0.717) is 54.0 Å². The molecule has 0 saturated carbocycles. The van der Waals surface area contributed by atoms with Crippen molar-refractivity contribution < 1.29 is 31.2 Å². The predicted molar refractivity (Wildman–Crippen MR) is 509 cm³/mol. The van der Waals surface area contributed by atoms with E-state index in [0.717, 1.165) is 225 Å². The highest BCUT2D eigenvalue weighted by Gasteiger charge is 2.30. The van der Waals surface area contributed by atoms with E-state index in [2.05, 4.69) is 123 Å². The summed E-state index contributed by atoms with van der Waals surface area (Å²) < 4.78 is 45.9. The molecule has 38 heteroatoms. The van der Waals surface area contributed by atoms with Crippen molar-refractivity contribution in [1.82, 2.24) is 84.6 Å². The topological polar surface area (TPSA) is 432 Å². The van der Waals surface area contributed by atoms with E-state index in [-0.39, 0.29) is 27.3 Å². The molecule has 1 fully saturated rings. The summed E-state index contributed by atoms with van der Waals surface area (Å²) in [6, 6.07) is 32.7. The third-order valence-electron chi connectivity index (χ3n) is 22.0. The standard InChI is InChI=1S/C26H30N6O2S.C18H16N4OS.C17H16N4S.C16H15N5O2S2.C15H13N5O2S2/c1-16-10-19(12-17(2)33)13-21(11-16)28-26-27-14-20-4-5-22-25(24(20)30-26)35-23(29-22)15-31-6-8-32(9-7-31)18(3)34;1-11(23)7-12-3-2-4-14(8-12)21-18-19-9-13-5-6-15-17(16(13)22-18)20-10-24-15;1-10-5-11(2)7-13(6-10)20-17-18-8-12-3-4-14-16(15(12)21-17)19-9-22-14;1-9-19-15-13(24-9)6-5-10-8-18-16(21-14(10)15)20-11-3-2-4-12(7-11)25(17,22)23;16-24(21,22)11-3-1-2-10(6-11)19-15-17-7-9-4-5-12-14(13(9)20-15)18-8-23-12/h10-11,13-14H,4-9,12,15H2,1-3H3,(H,27,28,30);2-4,8-10H,5-7H2,1H3,(H,19,21,22);5-9H,3-4H2,1-2H3,(H,18,20,21);2-4,7-8H,5-6H2,1H3,(H2,17,22,23)(H,18,20,21);1-3,6-8H,4-5H2,(H2,16,21,22)(H,17,19,20). The average Bonchev–Trinajstić information content (AvgIpc) is 1.61. The number of amides is 1. The Morgan fingerprint density at radius 1 is 0.377 bits per heavy atom. The van der Waals surface area contributed by atoms with Gasteiger partial charge in [0.15, 0.2) is 0 Å². The number of carbonyl (C=O) groups excluding carboxylic acids is 3. The van der Waals surface area contributed by atoms with E-state index in [9.17, 15) is 31.2 Å². The minimum Gasteiger partial charge on any atom is -0.340 e. The van der Waals surface area contributed by atoms with Gasteiger partial charge in [-0.3, -0.25) is 19.3 Å². The first kappa shape index (κ1) is 89.2. The Kier molecular flexibility index (Phi) is 26.7. The lowest BCUT2D eigenvalue weighted by Crippen LogP contribution is -2.47. The van der Waals surface area contributed by atoms with Gasteiger partial charge in [0, 0.05) is 125 Å². The summed E-state index contributed by atoms with van der Waals surface area (Å²) in [6.45, 7) is 17.1. The van der Waals surface area contributed by atoms with Crippen molar-refractivity contribution in [3.8, 4) is 56.1 Å². The summed E-state index contributed by atoms with van der Waals surface area (Å²) in [5.74, 6) is 2.94. The Balaban J connectivity index is 0.000000115. The van der Waals surface area contributed by atoms with Crippen molar-refractivity contribution in [2.24, 2.45) is 10.3 Å². The van der Waals surface area contributed by atoms with Crippen LogP contribution in [0.2, 0.25) is 0 Å². The summed E-state index contributed by atoms with van der Waals surface area (Å²) in [5.41, 5.74) is 30.1. The molecule has 10 aromatic heterocycles. The van der Waals surface area contributed by atoms with E-state index < -0.39 is 20.0 Å². The number of thiazole rings is 5. The minimum absolute atomic E-state index is 0.0345. The fraction of sp³-hybridized carbons (Fsp3) is 0.261. The lowest BCUT2D eigenvalue weighted by molar-refractivity contribution is -0.130. The van der Waals surface area contributed by atoms with Gasteiger partial charge in [0.05, 0.1) is 76.9 Å². The number of aryl methyl sites for hydroxylation is 14. The van der Waals surface area contributed by atoms with E-state index in [4.69, 9.17) is 25.2 Å². The summed E-state index contributed by atoms with van der Waals surface area (Å²) in [4.78, 5) is 113. The zero-order valence-electron chi connectivity index (χ0n) is 72.0. The normalized spacial score (nSPS) is 13.6. The van der Waals surface area contributed by atoms with Crippen molar-refractivity contribution in [2.75, 3.05) is 52.8 Å². The molecule has 1 saturated heterocycles. The molecule has 5 aliphatic carbocycles. The van der Waals surface area contributed by atoms with E-state index >= 15 is 0 Å². The Morgan fingerprint density at radius 3 is 1.22 bits per heavy atom. The molecule has 11 heterocycles. The zero-order chi connectivity index (χ0) is 90.5. The molecule has 1 amide bonds. The van der Waals surface area contributed by atoms with Crippen LogP contribution in [0.1, 0.15) is 112 Å². The lowest BCUT2D eigenvalue weighted by atomic mass is 10.00. The van der Waals surface area contributed by atoms with Crippen molar-refractivity contribution in [1.29, 1.82) is 0 Å². The third-order valence-corrected chi connectivity index (χ3v) is 28.6. The monoisotopic (exact) mass is 1870 g/mol. The molecule has 31 nitrogen and oxygen atoms in total. The number of fused-ring (bicyclic) bond motifs is 15. The van der Waals surface area contributed by atoms with Gasteiger partial charge in [0.1, 0.15) is 39.3 Å². The number of aromatic nitrogens is 15. The van der Waals surface area contributed by atoms with Crippen molar-refractivity contribution >= 4 is 152 Å². The highest BCUT2D eigenvalue weighted by Crippen LogP contribution is 2.42. The summed E-state index contributed by atoms with van der Waals surface area (Å²) in [6.07, 6.45) is 19.7. The number of primary sulfonamides is 2. The largest absolute Gasteiger partial charge is 0.340 e. The highest BCUT2D eigenvalue weighted by atomic mass is 32.2. The van der Waals surface area contributed by atoms with Crippen molar-refractivity contribution in [2.45, 2.75) is 142 Å². The Hall–Kier alpha value is -12.8. The maximum absolute atomic E-state index is 11.6. The van der Waals surface area contributed by atoms with Crippen LogP contribution < -0.4 is 36.9 Å². The number of piperazine rings is 1. The molecule has 0 bridgehead atoms. The summed E-state index contributed by atoms with van der Waals surface area (Å²) in [5, 5.41) is 28.4. The number of Topliss-reactive ketones (excluding diaryl/α,β-unsaturated/α-hetero) is 2. The van der Waals surface area contributed by atoms with Crippen LogP contribution in [0.4, 0.5) is 58.2 Å². The number of hydrogen-bond acceptors (Lipinski definition) is 33. The van der Waals surface area contributed by atoms with Crippen LogP contribution >= 0.6 is 56.7 Å². The number of nitrogens with zero attached hydrogens (tertiary/aromatic N) is 17.